The van der Waals surface area contributed by atoms with Gasteiger partial charge in [-0.15, -0.1) is 0 Å². The van der Waals surface area contributed by atoms with Gasteiger partial charge in [0.05, 0.1) is 0 Å². The molecule has 0 radical (unpaired) electrons. The van der Waals surface area contributed by atoms with Crippen LogP contribution < -0.4 is 10.6 Å². The number of hydrogen-bond acceptors (Lipinski definition) is 2. The highest BCUT2D eigenvalue weighted by Crippen LogP contribution is 2.18. The summed E-state index contributed by atoms with van der Waals surface area (Å²) in [7, 11) is 0. The summed E-state index contributed by atoms with van der Waals surface area (Å²) in [6, 6.07) is 8.28. The smallest absolute Gasteiger partial charge is 0.252 e. The van der Waals surface area contributed by atoms with E-state index >= 15 is 0 Å². The minimum atomic E-state index is 0.0192. The summed E-state index contributed by atoms with van der Waals surface area (Å²) in [5.41, 5.74) is 1.75. The van der Waals surface area contributed by atoms with Crippen LogP contribution in [0.1, 0.15) is 30.1 Å². The maximum absolute atomic E-state index is 12.4. The van der Waals surface area contributed by atoms with Crippen molar-refractivity contribution in [3.05, 3.63) is 36.0 Å². The van der Waals surface area contributed by atoms with Crippen LogP contribution in [0.2, 0.25) is 0 Å². The van der Waals surface area contributed by atoms with E-state index in [-0.39, 0.29) is 11.9 Å². The molecule has 19 heavy (non-hydrogen) atoms. The largest absolute Gasteiger partial charge is 0.361 e. The van der Waals surface area contributed by atoms with E-state index in [0.717, 1.165) is 35.9 Å². The summed E-state index contributed by atoms with van der Waals surface area (Å²) in [4.78, 5) is 15.6. The van der Waals surface area contributed by atoms with E-state index in [1.165, 1.54) is 0 Å². The maximum atomic E-state index is 12.4. The third-order valence-corrected chi connectivity index (χ3v) is 3.92. The second-order valence-electron chi connectivity index (χ2n) is 5.21. The van der Waals surface area contributed by atoms with Crippen LogP contribution in [-0.2, 0) is 0 Å². The summed E-state index contributed by atoms with van der Waals surface area (Å²) < 4.78 is 0. The normalized spacial score (nSPS) is 23.4. The third-order valence-electron chi connectivity index (χ3n) is 3.92. The average molecular weight is 257 g/mol. The number of hydrogen-bond donors (Lipinski definition) is 3. The Morgan fingerprint density at radius 2 is 2.26 bits per heavy atom. The van der Waals surface area contributed by atoms with Crippen molar-refractivity contribution < 1.29 is 4.79 Å². The van der Waals surface area contributed by atoms with Crippen molar-refractivity contribution in [3.8, 4) is 0 Å². The van der Waals surface area contributed by atoms with Crippen LogP contribution in [0.4, 0.5) is 0 Å². The van der Waals surface area contributed by atoms with Gasteiger partial charge in [0.2, 0.25) is 0 Å². The lowest BCUT2D eigenvalue weighted by atomic mass is 9.99. The summed E-state index contributed by atoms with van der Waals surface area (Å²) in [6.45, 7) is 3.17. The Balaban J connectivity index is 1.82. The number of aromatic nitrogens is 1. The first kappa shape index (κ1) is 12.2. The van der Waals surface area contributed by atoms with Crippen molar-refractivity contribution in [1.29, 1.82) is 0 Å². The van der Waals surface area contributed by atoms with Gasteiger partial charge < -0.3 is 15.6 Å². The van der Waals surface area contributed by atoms with Crippen molar-refractivity contribution in [2.75, 3.05) is 6.54 Å². The molecule has 0 bridgehead atoms. The molecule has 1 saturated heterocycles. The molecule has 1 aliphatic rings. The van der Waals surface area contributed by atoms with Crippen molar-refractivity contribution in [1.82, 2.24) is 15.6 Å². The second-order valence-corrected chi connectivity index (χ2v) is 5.21. The number of fused-ring (bicyclic) bond motifs is 1. The molecule has 0 aliphatic carbocycles. The maximum Gasteiger partial charge on any atom is 0.252 e. The Kier molecular flexibility index (Phi) is 3.25. The standard InChI is InChI=1S/C15H19N3O/c1-10-13(6-3-8-16-10)18-15(19)12-4-2-5-14-11(12)7-9-17-14/h2,4-5,7,9-10,13,16-17H,3,6,8H2,1H3,(H,18,19). The average Bonchev–Trinajstić information content (AvgIpc) is 2.89. The number of piperidine rings is 1. The van der Waals surface area contributed by atoms with E-state index < -0.39 is 0 Å². The van der Waals surface area contributed by atoms with Crippen LogP contribution in [0, 0.1) is 0 Å². The minimum absolute atomic E-state index is 0.0192. The Morgan fingerprint density at radius 3 is 3.11 bits per heavy atom. The van der Waals surface area contributed by atoms with Crippen LogP contribution in [0.5, 0.6) is 0 Å². The van der Waals surface area contributed by atoms with E-state index in [1.807, 2.05) is 30.5 Å². The van der Waals surface area contributed by atoms with Crippen LogP contribution in [0.3, 0.4) is 0 Å². The van der Waals surface area contributed by atoms with Gasteiger partial charge >= 0.3 is 0 Å². The molecule has 4 heteroatoms. The fourth-order valence-corrected chi connectivity index (χ4v) is 2.77. The summed E-state index contributed by atoms with van der Waals surface area (Å²) >= 11 is 0. The number of carbonyl (C=O) groups excluding carboxylic acids is 1. The van der Waals surface area contributed by atoms with Gasteiger partial charge in [0, 0.05) is 34.7 Å². The lowest BCUT2D eigenvalue weighted by molar-refractivity contribution is 0.0921. The quantitative estimate of drug-likeness (QED) is 0.771. The third kappa shape index (κ3) is 2.36. The molecule has 3 rings (SSSR count). The zero-order valence-electron chi connectivity index (χ0n) is 11.1. The summed E-state index contributed by atoms with van der Waals surface area (Å²) in [6.07, 6.45) is 4.03. The van der Waals surface area contributed by atoms with Gasteiger partial charge in [-0.05, 0) is 44.5 Å². The fraction of sp³-hybridized carbons (Fsp3) is 0.400. The van der Waals surface area contributed by atoms with E-state index in [2.05, 4.69) is 22.5 Å². The molecule has 0 saturated carbocycles. The van der Waals surface area contributed by atoms with Crippen LogP contribution >= 0.6 is 0 Å². The van der Waals surface area contributed by atoms with Crippen molar-refractivity contribution in [2.24, 2.45) is 0 Å². The number of carbonyl (C=O) groups is 1. The predicted molar refractivity (Wildman–Crippen MR) is 76.3 cm³/mol. The highest BCUT2D eigenvalue weighted by Gasteiger charge is 2.23. The fourth-order valence-electron chi connectivity index (χ4n) is 2.77. The molecule has 2 heterocycles. The summed E-state index contributed by atoms with van der Waals surface area (Å²) in [5, 5.41) is 7.53. The Labute approximate surface area is 112 Å². The summed E-state index contributed by atoms with van der Waals surface area (Å²) in [5.74, 6) is 0.0192. The molecule has 1 aromatic heterocycles. The Bertz CT molecular complexity index is 590. The van der Waals surface area contributed by atoms with Crippen molar-refractivity contribution >= 4 is 16.8 Å². The molecule has 100 valence electrons. The van der Waals surface area contributed by atoms with Crippen LogP contribution in [0.25, 0.3) is 10.9 Å². The predicted octanol–water partition coefficient (Wildman–Crippen LogP) is 2.04. The van der Waals surface area contributed by atoms with Crippen molar-refractivity contribution in [3.63, 3.8) is 0 Å². The van der Waals surface area contributed by atoms with E-state index in [9.17, 15) is 4.79 Å². The highest BCUT2D eigenvalue weighted by molar-refractivity contribution is 6.06. The molecule has 2 aromatic rings. The molecular weight excluding hydrogens is 238 g/mol. The zero-order chi connectivity index (χ0) is 13.2. The highest BCUT2D eigenvalue weighted by atomic mass is 16.1. The number of benzene rings is 1. The minimum Gasteiger partial charge on any atom is -0.361 e. The number of rotatable bonds is 2. The zero-order valence-corrected chi connectivity index (χ0v) is 11.1. The molecule has 1 aromatic carbocycles. The Hall–Kier alpha value is -1.81. The van der Waals surface area contributed by atoms with E-state index in [4.69, 9.17) is 0 Å². The van der Waals surface area contributed by atoms with Gasteiger partial charge in [0.25, 0.3) is 5.91 Å². The second kappa shape index (κ2) is 5.05. The molecule has 1 amide bonds. The lowest BCUT2D eigenvalue weighted by Gasteiger charge is -2.30. The molecule has 1 fully saturated rings. The van der Waals surface area contributed by atoms with Gasteiger partial charge in [0.1, 0.15) is 0 Å². The SMILES string of the molecule is CC1NCCCC1NC(=O)c1cccc2[nH]ccc12. The van der Waals surface area contributed by atoms with Gasteiger partial charge in [-0.1, -0.05) is 6.07 Å². The van der Waals surface area contributed by atoms with Crippen molar-refractivity contribution in [2.45, 2.75) is 31.8 Å². The van der Waals surface area contributed by atoms with Gasteiger partial charge in [-0.3, -0.25) is 4.79 Å². The van der Waals surface area contributed by atoms with Gasteiger partial charge in [0.15, 0.2) is 0 Å². The number of nitrogens with one attached hydrogen (secondary N) is 3. The molecule has 3 N–H and O–H groups in total. The van der Waals surface area contributed by atoms with Gasteiger partial charge in [-0.2, -0.15) is 0 Å². The molecule has 2 unspecified atom stereocenters. The van der Waals surface area contributed by atoms with Gasteiger partial charge in [-0.25, -0.2) is 0 Å². The first-order chi connectivity index (χ1) is 9.25. The molecule has 1 aliphatic heterocycles. The van der Waals surface area contributed by atoms with E-state index in [1.54, 1.807) is 0 Å². The number of H-pyrrole nitrogens is 1. The molecule has 4 nitrogen and oxygen atoms in total. The molecule has 2 atom stereocenters. The van der Waals surface area contributed by atoms with E-state index in [0.29, 0.717) is 6.04 Å². The lowest BCUT2D eigenvalue weighted by Crippen LogP contribution is -2.51. The first-order valence-electron chi connectivity index (χ1n) is 6.86. The molecule has 0 spiro atoms. The first-order valence-corrected chi connectivity index (χ1v) is 6.86. The van der Waals surface area contributed by atoms with Crippen LogP contribution in [-0.4, -0.2) is 29.5 Å². The number of amides is 1. The van der Waals surface area contributed by atoms with Crippen LogP contribution in [0.15, 0.2) is 30.5 Å². The Morgan fingerprint density at radius 1 is 1.37 bits per heavy atom. The number of aromatic amines is 1. The monoisotopic (exact) mass is 257 g/mol. The topological polar surface area (TPSA) is 56.9 Å². The molecular formula is C15H19N3O.